The maximum Gasteiger partial charge on any atom is 0.240 e. The quantitative estimate of drug-likeness (QED) is 0.837. The fraction of sp³-hybridized carbons (Fsp3) is 0.636. The summed E-state index contributed by atoms with van der Waals surface area (Å²) in [4.78, 5) is 17.9. The molecule has 0 radical (unpaired) electrons. The Balaban J connectivity index is 1.77. The number of hydrogen-bond donors (Lipinski definition) is 2. The number of aliphatic hydroxyl groups is 1. The summed E-state index contributed by atoms with van der Waals surface area (Å²) in [5.74, 6) is -0.0526. The number of amides is 1. The first-order chi connectivity index (χ1) is 8.04. The summed E-state index contributed by atoms with van der Waals surface area (Å²) >= 11 is 1.43. The van der Waals surface area contributed by atoms with E-state index in [4.69, 9.17) is 0 Å². The Morgan fingerprint density at radius 3 is 2.94 bits per heavy atom. The summed E-state index contributed by atoms with van der Waals surface area (Å²) in [6.45, 7) is 2.24. The molecule has 5 nitrogen and oxygen atoms in total. The minimum absolute atomic E-state index is 0.0526. The normalized spacial score (nSPS) is 23.5. The number of carbonyl (C=O) groups excluding carboxylic acids is 1. The third-order valence-electron chi connectivity index (χ3n) is 2.97. The number of hydrogen-bond acceptors (Lipinski definition) is 5. The number of aromatic nitrogens is 1. The lowest BCUT2D eigenvalue weighted by Crippen LogP contribution is -2.47. The van der Waals surface area contributed by atoms with Gasteiger partial charge in [-0.25, -0.2) is 4.98 Å². The van der Waals surface area contributed by atoms with Crippen LogP contribution in [0.4, 0.5) is 5.13 Å². The van der Waals surface area contributed by atoms with E-state index in [0.29, 0.717) is 17.7 Å². The van der Waals surface area contributed by atoms with Crippen LogP contribution in [0, 0.1) is 6.92 Å². The molecule has 2 rings (SSSR count). The van der Waals surface area contributed by atoms with Gasteiger partial charge in [0, 0.05) is 11.4 Å². The van der Waals surface area contributed by atoms with E-state index >= 15 is 0 Å². The predicted molar refractivity (Wildman–Crippen MR) is 67.1 cm³/mol. The topological polar surface area (TPSA) is 65.5 Å². The summed E-state index contributed by atoms with van der Waals surface area (Å²) < 4.78 is 0. The lowest BCUT2D eigenvalue weighted by atomic mass is 9.88. The molecule has 1 aliphatic rings. The van der Waals surface area contributed by atoms with Gasteiger partial charge in [-0.15, -0.1) is 11.3 Å². The van der Waals surface area contributed by atoms with Crippen molar-refractivity contribution in [3.8, 4) is 0 Å². The number of rotatable bonds is 4. The van der Waals surface area contributed by atoms with E-state index in [1.807, 2.05) is 24.3 Å². The van der Waals surface area contributed by atoms with E-state index in [-0.39, 0.29) is 12.0 Å². The molecule has 1 aromatic rings. The van der Waals surface area contributed by atoms with Gasteiger partial charge >= 0.3 is 0 Å². The molecule has 1 amide bonds. The van der Waals surface area contributed by atoms with Crippen LogP contribution in [-0.4, -0.2) is 46.6 Å². The van der Waals surface area contributed by atoms with E-state index in [0.717, 1.165) is 18.5 Å². The smallest absolute Gasteiger partial charge is 0.240 e. The number of aryl methyl sites for hydroxylation is 1. The predicted octanol–water partition coefficient (Wildman–Crippen LogP) is 0.845. The van der Waals surface area contributed by atoms with Gasteiger partial charge in [-0.05, 0) is 26.8 Å². The van der Waals surface area contributed by atoms with Crippen molar-refractivity contribution in [1.29, 1.82) is 0 Å². The fourth-order valence-corrected chi connectivity index (χ4v) is 2.55. The van der Waals surface area contributed by atoms with Crippen LogP contribution in [0.15, 0.2) is 5.38 Å². The Morgan fingerprint density at radius 1 is 1.71 bits per heavy atom. The molecule has 1 heterocycles. The monoisotopic (exact) mass is 255 g/mol. The van der Waals surface area contributed by atoms with Crippen molar-refractivity contribution in [2.75, 3.05) is 18.9 Å². The van der Waals surface area contributed by atoms with Crippen molar-refractivity contribution in [2.24, 2.45) is 0 Å². The maximum atomic E-state index is 11.7. The Bertz CT molecular complexity index is 401. The molecule has 2 N–H and O–H groups in total. The molecule has 1 aliphatic carbocycles. The van der Waals surface area contributed by atoms with Crippen LogP contribution in [0.3, 0.4) is 0 Å². The fourth-order valence-electron chi connectivity index (χ4n) is 1.84. The first-order valence-corrected chi connectivity index (χ1v) is 6.53. The highest BCUT2D eigenvalue weighted by Crippen LogP contribution is 2.24. The highest BCUT2D eigenvalue weighted by molar-refractivity contribution is 7.13. The van der Waals surface area contributed by atoms with Crippen LogP contribution in [0.2, 0.25) is 0 Å². The Morgan fingerprint density at radius 2 is 2.41 bits per heavy atom. The summed E-state index contributed by atoms with van der Waals surface area (Å²) in [7, 11) is 1.91. The summed E-state index contributed by atoms with van der Waals surface area (Å²) in [5, 5.41) is 14.5. The molecule has 0 saturated heterocycles. The first kappa shape index (κ1) is 12.5. The van der Waals surface area contributed by atoms with Crippen molar-refractivity contribution < 1.29 is 9.90 Å². The van der Waals surface area contributed by atoms with Crippen LogP contribution in [-0.2, 0) is 4.79 Å². The second kappa shape index (κ2) is 5.12. The van der Waals surface area contributed by atoms with Crippen molar-refractivity contribution in [2.45, 2.75) is 31.9 Å². The number of anilines is 1. The molecule has 6 heteroatoms. The van der Waals surface area contributed by atoms with Gasteiger partial charge in [0.1, 0.15) is 0 Å². The van der Waals surface area contributed by atoms with Gasteiger partial charge in [-0.2, -0.15) is 0 Å². The highest BCUT2D eigenvalue weighted by atomic mass is 32.1. The van der Waals surface area contributed by atoms with Gasteiger partial charge < -0.3 is 10.4 Å². The molecule has 1 saturated carbocycles. The number of likely N-dealkylation sites (N-methyl/N-ethyl adjacent to an activating group) is 1. The van der Waals surface area contributed by atoms with Gasteiger partial charge in [0.25, 0.3) is 0 Å². The number of aliphatic hydroxyl groups excluding tert-OH is 1. The molecule has 0 aliphatic heterocycles. The molecule has 0 unspecified atom stereocenters. The summed E-state index contributed by atoms with van der Waals surface area (Å²) in [5.41, 5.74) is 0.917. The van der Waals surface area contributed by atoms with Gasteiger partial charge in [-0.1, -0.05) is 0 Å². The standard InChI is InChI=1S/C11H17N3O2S/c1-7-6-17-11(12-7)13-10(16)5-14(2)8-3-9(15)4-8/h6,8-9,15H,3-5H2,1-2H3,(H,12,13,16). The molecular weight excluding hydrogens is 238 g/mol. The molecule has 0 aromatic carbocycles. The van der Waals surface area contributed by atoms with Crippen molar-refractivity contribution in [1.82, 2.24) is 9.88 Å². The SMILES string of the molecule is Cc1csc(NC(=O)CN(C)C2CC(O)C2)n1. The molecule has 0 spiro atoms. The summed E-state index contributed by atoms with van der Waals surface area (Å²) in [6, 6.07) is 0.328. The van der Waals surface area contributed by atoms with E-state index in [9.17, 15) is 9.90 Å². The average molecular weight is 255 g/mol. The number of carbonyl (C=O) groups is 1. The molecule has 0 atom stereocenters. The average Bonchev–Trinajstić information content (AvgIpc) is 2.58. The second-order valence-corrected chi connectivity index (χ2v) is 5.39. The molecular formula is C11H17N3O2S. The molecule has 1 fully saturated rings. The minimum Gasteiger partial charge on any atom is -0.393 e. The van der Waals surface area contributed by atoms with E-state index in [2.05, 4.69) is 10.3 Å². The van der Waals surface area contributed by atoms with Crippen LogP contribution in [0.1, 0.15) is 18.5 Å². The Kier molecular flexibility index (Phi) is 3.76. The highest BCUT2D eigenvalue weighted by Gasteiger charge is 2.31. The first-order valence-electron chi connectivity index (χ1n) is 5.65. The lowest BCUT2D eigenvalue weighted by Gasteiger charge is -2.38. The minimum atomic E-state index is -0.188. The van der Waals surface area contributed by atoms with E-state index in [1.54, 1.807) is 0 Å². The number of thiazole rings is 1. The Labute approximate surface area is 104 Å². The van der Waals surface area contributed by atoms with Crippen molar-refractivity contribution in [3.63, 3.8) is 0 Å². The third kappa shape index (κ3) is 3.24. The van der Waals surface area contributed by atoms with E-state index < -0.39 is 0 Å². The van der Waals surface area contributed by atoms with Gasteiger partial charge in [0.15, 0.2) is 5.13 Å². The Hall–Kier alpha value is -0.980. The van der Waals surface area contributed by atoms with Crippen LogP contribution in [0.25, 0.3) is 0 Å². The van der Waals surface area contributed by atoms with Gasteiger partial charge in [0.05, 0.1) is 18.3 Å². The van der Waals surface area contributed by atoms with Crippen molar-refractivity contribution >= 4 is 22.4 Å². The zero-order valence-electron chi connectivity index (χ0n) is 10.0. The van der Waals surface area contributed by atoms with Gasteiger partial charge in [-0.3, -0.25) is 9.69 Å². The third-order valence-corrected chi connectivity index (χ3v) is 3.85. The van der Waals surface area contributed by atoms with Crippen LogP contribution in [0.5, 0.6) is 0 Å². The molecule has 0 bridgehead atoms. The van der Waals surface area contributed by atoms with Gasteiger partial charge in [0.2, 0.25) is 5.91 Å². The zero-order valence-corrected chi connectivity index (χ0v) is 10.8. The number of nitrogens with zero attached hydrogens (tertiary/aromatic N) is 2. The number of nitrogens with one attached hydrogen (secondary N) is 1. The molecule has 1 aromatic heterocycles. The largest absolute Gasteiger partial charge is 0.393 e. The maximum absolute atomic E-state index is 11.7. The molecule has 17 heavy (non-hydrogen) atoms. The summed E-state index contributed by atoms with van der Waals surface area (Å²) in [6.07, 6.45) is 1.34. The zero-order chi connectivity index (χ0) is 12.4. The lowest BCUT2D eigenvalue weighted by molar-refractivity contribution is -0.118. The second-order valence-electron chi connectivity index (χ2n) is 4.54. The van der Waals surface area contributed by atoms with Crippen LogP contribution < -0.4 is 5.32 Å². The van der Waals surface area contributed by atoms with Crippen LogP contribution >= 0.6 is 11.3 Å². The van der Waals surface area contributed by atoms with E-state index in [1.165, 1.54) is 11.3 Å². The molecule has 94 valence electrons. The van der Waals surface area contributed by atoms with Crippen molar-refractivity contribution in [3.05, 3.63) is 11.1 Å².